The maximum atomic E-state index is 13.8. The van der Waals surface area contributed by atoms with E-state index >= 15 is 0 Å². The van der Waals surface area contributed by atoms with Crippen molar-refractivity contribution in [1.29, 1.82) is 5.41 Å². The predicted octanol–water partition coefficient (Wildman–Crippen LogP) is 4.52. The number of amidine groups is 1. The van der Waals surface area contributed by atoms with E-state index in [0.29, 0.717) is 63.2 Å². The Bertz CT molecular complexity index is 1560. The summed E-state index contributed by atoms with van der Waals surface area (Å²) >= 11 is 0. The van der Waals surface area contributed by atoms with Gasteiger partial charge in [0.15, 0.2) is 5.82 Å². The van der Waals surface area contributed by atoms with Gasteiger partial charge in [0.05, 0.1) is 36.8 Å². The molecular weight excluding hydrogens is 539 g/mol. The van der Waals surface area contributed by atoms with E-state index < -0.39 is 0 Å². The van der Waals surface area contributed by atoms with Crippen LogP contribution >= 0.6 is 0 Å². The molecule has 0 aliphatic carbocycles. The summed E-state index contributed by atoms with van der Waals surface area (Å²) in [5.41, 5.74) is 2.28. The number of hydrogen-bond acceptors (Lipinski definition) is 8. The lowest BCUT2D eigenvalue weighted by molar-refractivity contribution is -0.120. The minimum Gasteiger partial charge on any atom is -0.377 e. The lowest BCUT2D eigenvalue weighted by Gasteiger charge is -2.36. The van der Waals surface area contributed by atoms with E-state index in [1.54, 1.807) is 30.5 Å². The monoisotopic (exact) mass is 570 g/mol. The Hall–Kier alpha value is -4.84. The number of rotatable bonds is 7. The van der Waals surface area contributed by atoms with E-state index in [1.807, 2.05) is 29.2 Å². The number of morpholine rings is 1. The second-order valence-electron chi connectivity index (χ2n) is 10.3. The Kier molecular flexibility index (Phi) is 8.04. The van der Waals surface area contributed by atoms with Gasteiger partial charge in [-0.05, 0) is 54.8 Å². The number of nitrogens with one attached hydrogen (secondary N) is 3. The van der Waals surface area contributed by atoms with Gasteiger partial charge in [-0.15, -0.1) is 0 Å². The van der Waals surface area contributed by atoms with Crippen LogP contribution in [0.2, 0.25) is 0 Å². The number of H-pyrrole nitrogens is 1. The van der Waals surface area contributed by atoms with Crippen LogP contribution in [-0.2, 0) is 9.53 Å². The number of carbonyl (C=O) groups excluding carboxylic acids is 1. The van der Waals surface area contributed by atoms with Gasteiger partial charge in [-0.3, -0.25) is 10.2 Å². The molecule has 11 nitrogen and oxygen atoms in total. The van der Waals surface area contributed by atoms with Crippen molar-refractivity contribution in [2.24, 2.45) is 5.92 Å². The summed E-state index contributed by atoms with van der Waals surface area (Å²) in [6.07, 6.45) is 8.01. The third-order valence-electron chi connectivity index (χ3n) is 7.56. The molecule has 2 aliphatic heterocycles. The van der Waals surface area contributed by atoms with Crippen LogP contribution in [0, 0.1) is 17.1 Å². The zero-order valence-electron chi connectivity index (χ0n) is 22.9. The zero-order valence-corrected chi connectivity index (χ0v) is 22.9. The Morgan fingerprint density at radius 3 is 2.81 bits per heavy atom. The second kappa shape index (κ2) is 12.4. The van der Waals surface area contributed by atoms with Crippen molar-refractivity contribution in [3.05, 3.63) is 84.3 Å². The van der Waals surface area contributed by atoms with Gasteiger partial charge in [-0.1, -0.05) is 23.4 Å². The van der Waals surface area contributed by atoms with Gasteiger partial charge in [0, 0.05) is 31.6 Å². The maximum Gasteiger partial charge on any atom is 0.228 e. The highest BCUT2D eigenvalue weighted by atomic mass is 19.1. The van der Waals surface area contributed by atoms with E-state index in [9.17, 15) is 9.18 Å². The van der Waals surface area contributed by atoms with E-state index in [2.05, 4.69) is 25.3 Å². The summed E-state index contributed by atoms with van der Waals surface area (Å²) in [4.78, 5) is 29.2. The molecular formula is C30H31FN8O3. The molecule has 6 rings (SSSR count). The summed E-state index contributed by atoms with van der Waals surface area (Å²) < 4.78 is 24.2. The van der Waals surface area contributed by atoms with E-state index in [4.69, 9.17) is 19.7 Å². The Morgan fingerprint density at radius 1 is 1.14 bits per heavy atom. The standard InChI is InChI=1S/C30H31FN8O3/c31-22-4-1-3-21(17-22)25-19-41-16-14-39(25)26(32)7-8-27-33-18-24(34-27)23-5-2-6-29(35-23)38-12-9-20(10-13-38)30(40)36-28-11-15-42-37-28/h1-8,11,15,17-18,20,25,32H,9-10,12-14,16,19H2,(H,33,34)(H,36,37,40). The number of amides is 1. The third kappa shape index (κ3) is 6.23. The summed E-state index contributed by atoms with van der Waals surface area (Å²) in [7, 11) is 0. The zero-order chi connectivity index (χ0) is 28.9. The number of piperidine rings is 1. The number of pyridine rings is 1. The van der Waals surface area contributed by atoms with Gasteiger partial charge in [-0.2, -0.15) is 0 Å². The number of aromatic amines is 1. The van der Waals surface area contributed by atoms with Crippen LogP contribution in [0.25, 0.3) is 17.5 Å². The Balaban J connectivity index is 1.08. The molecule has 2 aliphatic rings. The van der Waals surface area contributed by atoms with Gasteiger partial charge in [0.1, 0.15) is 29.6 Å². The van der Waals surface area contributed by atoms with Crippen molar-refractivity contribution < 1.29 is 18.4 Å². The molecule has 0 bridgehead atoms. The summed E-state index contributed by atoms with van der Waals surface area (Å²) in [5.74, 6) is 1.71. The first-order chi connectivity index (χ1) is 20.5. The van der Waals surface area contributed by atoms with Crippen molar-refractivity contribution in [3.8, 4) is 11.4 Å². The molecule has 2 fully saturated rings. The normalized spacial score (nSPS) is 18.0. The van der Waals surface area contributed by atoms with Crippen LogP contribution in [0.1, 0.15) is 30.3 Å². The Morgan fingerprint density at radius 2 is 2.00 bits per heavy atom. The highest BCUT2D eigenvalue weighted by molar-refractivity contribution is 5.94. The fourth-order valence-electron chi connectivity index (χ4n) is 5.31. The molecule has 4 aromatic rings. The molecule has 0 spiro atoms. The molecule has 3 N–H and O–H groups in total. The van der Waals surface area contributed by atoms with Gasteiger partial charge in [-0.25, -0.2) is 14.4 Å². The predicted molar refractivity (Wildman–Crippen MR) is 155 cm³/mol. The van der Waals surface area contributed by atoms with Gasteiger partial charge < -0.3 is 29.4 Å². The van der Waals surface area contributed by atoms with E-state index in [0.717, 1.165) is 22.8 Å². The maximum absolute atomic E-state index is 13.8. The largest absolute Gasteiger partial charge is 0.377 e. The van der Waals surface area contributed by atoms with Gasteiger partial charge in [0.25, 0.3) is 0 Å². The number of anilines is 2. The number of carbonyl (C=O) groups is 1. The van der Waals surface area contributed by atoms with Crippen LogP contribution in [0.3, 0.4) is 0 Å². The van der Waals surface area contributed by atoms with E-state index in [-0.39, 0.29) is 23.7 Å². The molecule has 1 atom stereocenters. The molecule has 42 heavy (non-hydrogen) atoms. The van der Waals surface area contributed by atoms with Crippen molar-refractivity contribution >= 4 is 29.5 Å². The number of imidazole rings is 1. The van der Waals surface area contributed by atoms with Crippen molar-refractivity contribution in [3.63, 3.8) is 0 Å². The quantitative estimate of drug-likeness (QED) is 0.218. The van der Waals surface area contributed by atoms with Gasteiger partial charge >= 0.3 is 0 Å². The first-order valence-electron chi connectivity index (χ1n) is 13.9. The number of benzene rings is 1. The molecule has 5 heterocycles. The van der Waals surface area contributed by atoms with Crippen LogP contribution < -0.4 is 10.2 Å². The topological polar surface area (TPSA) is 136 Å². The summed E-state index contributed by atoms with van der Waals surface area (Å²) in [6.45, 7) is 2.85. The van der Waals surface area contributed by atoms with Crippen LogP contribution in [0.15, 0.2) is 71.6 Å². The average Bonchev–Trinajstić information content (AvgIpc) is 3.73. The molecule has 1 aromatic carbocycles. The molecule has 12 heteroatoms. The SMILES string of the molecule is N=C(C=Cc1ncc(-c2cccc(N3CCC(C(=O)Nc4ccon4)CC3)n2)[nH]1)N1CCOCC1c1cccc(F)c1. The number of nitrogens with zero attached hydrogens (tertiary/aromatic N) is 5. The molecule has 1 amide bonds. The number of aromatic nitrogens is 4. The molecule has 2 saturated heterocycles. The first kappa shape index (κ1) is 27.3. The molecule has 0 saturated carbocycles. The van der Waals surface area contributed by atoms with Crippen molar-refractivity contribution in [1.82, 2.24) is 25.0 Å². The fraction of sp³-hybridized carbons (Fsp3) is 0.300. The van der Waals surface area contributed by atoms with Crippen LogP contribution in [0.4, 0.5) is 16.0 Å². The van der Waals surface area contributed by atoms with E-state index in [1.165, 1.54) is 18.4 Å². The summed E-state index contributed by atoms with van der Waals surface area (Å²) in [6, 6.07) is 13.7. The lowest BCUT2D eigenvalue weighted by Crippen LogP contribution is -2.42. The number of halogens is 1. The highest BCUT2D eigenvalue weighted by Crippen LogP contribution is 2.27. The van der Waals surface area contributed by atoms with Crippen molar-refractivity contribution in [2.75, 3.05) is 43.1 Å². The smallest absolute Gasteiger partial charge is 0.228 e. The number of ether oxygens (including phenoxy) is 1. The van der Waals surface area contributed by atoms with Crippen LogP contribution in [-0.4, -0.2) is 69.6 Å². The third-order valence-corrected chi connectivity index (χ3v) is 7.56. The molecule has 3 aromatic heterocycles. The minimum atomic E-state index is -0.308. The minimum absolute atomic E-state index is 0.0468. The Labute approximate surface area is 241 Å². The fourth-order valence-corrected chi connectivity index (χ4v) is 5.31. The van der Waals surface area contributed by atoms with Crippen LogP contribution in [0.5, 0.6) is 0 Å². The number of hydrogen-bond donors (Lipinski definition) is 3. The lowest BCUT2D eigenvalue weighted by atomic mass is 9.96. The molecule has 0 radical (unpaired) electrons. The average molecular weight is 571 g/mol. The molecule has 216 valence electrons. The first-order valence-corrected chi connectivity index (χ1v) is 13.9. The highest BCUT2D eigenvalue weighted by Gasteiger charge is 2.27. The molecule has 1 unspecified atom stereocenters. The van der Waals surface area contributed by atoms with Gasteiger partial charge in [0.2, 0.25) is 5.91 Å². The van der Waals surface area contributed by atoms with Crippen molar-refractivity contribution in [2.45, 2.75) is 18.9 Å². The second-order valence-corrected chi connectivity index (χ2v) is 10.3. The summed E-state index contributed by atoms with van der Waals surface area (Å²) in [5, 5.41) is 15.2.